The second-order valence-corrected chi connectivity index (χ2v) is 7.48. The minimum Gasteiger partial charge on any atom is -0.391 e. The second-order valence-electron chi connectivity index (χ2n) is 4.35. The number of aromatic nitrogens is 2. The number of hydrogen-bond donors (Lipinski definition) is 2. The molecule has 20 heavy (non-hydrogen) atoms. The smallest absolute Gasteiger partial charge is 0.250 e. The van der Waals surface area contributed by atoms with Crippen LogP contribution in [0.2, 0.25) is 0 Å². The number of nitrogens with one attached hydrogen (secondary N) is 1. The monoisotopic (exact) mass is 315 g/mol. The van der Waals surface area contributed by atoms with Gasteiger partial charge in [-0.15, -0.1) is 11.3 Å². The van der Waals surface area contributed by atoms with Crippen molar-refractivity contribution in [2.75, 3.05) is 6.54 Å². The first-order valence-corrected chi connectivity index (χ1v) is 8.50. The summed E-state index contributed by atoms with van der Waals surface area (Å²) in [6.45, 7) is 2.68. The van der Waals surface area contributed by atoms with Gasteiger partial charge in [0.15, 0.2) is 0 Å². The van der Waals surface area contributed by atoms with Crippen LogP contribution in [-0.4, -0.2) is 29.8 Å². The van der Waals surface area contributed by atoms with Gasteiger partial charge in [-0.25, -0.2) is 13.1 Å². The maximum Gasteiger partial charge on any atom is 0.250 e. The summed E-state index contributed by atoms with van der Waals surface area (Å²) in [6.07, 6.45) is 4.19. The van der Waals surface area contributed by atoms with Crippen molar-refractivity contribution in [2.24, 2.45) is 0 Å². The fourth-order valence-corrected chi connectivity index (χ4v) is 4.30. The topological polar surface area (TPSA) is 84.2 Å². The molecule has 2 aromatic heterocycles. The van der Waals surface area contributed by atoms with E-state index in [9.17, 15) is 8.42 Å². The van der Waals surface area contributed by atoms with E-state index in [1.165, 1.54) is 0 Å². The molecule has 0 aromatic carbocycles. The molecule has 0 radical (unpaired) electrons. The third-order valence-corrected chi connectivity index (χ3v) is 5.98. The first-order valence-electron chi connectivity index (χ1n) is 6.20. The minimum absolute atomic E-state index is 0.134. The highest BCUT2D eigenvalue weighted by molar-refractivity contribution is 7.91. The number of aliphatic hydroxyl groups is 1. The Balaban J connectivity index is 1.90. The van der Waals surface area contributed by atoms with E-state index in [4.69, 9.17) is 5.11 Å². The van der Waals surface area contributed by atoms with Crippen molar-refractivity contribution in [3.63, 3.8) is 0 Å². The second kappa shape index (κ2) is 6.49. The van der Waals surface area contributed by atoms with E-state index in [2.05, 4.69) is 9.82 Å². The van der Waals surface area contributed by atoms with E-state index < -0.39 is 10.0 Å². The van der Waals surface area contributed by atoms with Crippen LogP contribution in [0.5, 0.6) is 0 Å². The van der Waals surface area contributed by atoms with E-state index in [1.807, 2.05) is 12.3 Å². The molecule has 0 unspecified atom stereocenters. The summed E-state index contributed by atoms with van der Waals surface area (Å²) in [5, 5.41) is 13.2. The summed E-state index contributed by atoms with van der Waals surface area (Å²) >= 11 is 1.10. The Morgan fingerprint density at radius 2 is 2.30 bits per heavy atom. The molecular formula is C12H17N3O3S2. The van der Waals surface area contributed by atoms with E-state index in [1.54, 1.807) is 23.9 Å². The Bertz CT molecular complexity index is 648. The van der Waals surface area contributed by atoms with Crippen LogP contribution in [0.25, 0.3) is 0 Å². The summed E-state index contributed by atoms with van der Waals surface area (Å²) in [4.78, 5) is 0.682. The molecule has 2 rings (SSSR count). The first-order chi connectivity index (χ1) is 9.53. The SMILES string of the molecule is Cc1cc(S(=O)(=O)NCCCn2cccn2)sc1CO. The summed E-state index contributed by atoms with van der Waals surface area (Å²) in [5.41, 5.74) is 0.800. The lowest BCUT2D eigenvalue weighted by molar-refractivity contribution is 0.285. The van der Waals surface area contributed by atoms with Gasteiger partial charge in [0, 0.05) is 30.4 Å². The highest BCUT2D eigenvalue weighted by atomic mass is 32.2. The Labute approximate surface area is 122 Å². The number of aryl methyl sites for hydroxylation is 2. The number of nitrogens with zero attached hydrogens (tertiary/aromatic N) is 2. The van der Waals surface area contributed by atoms with Gasteiger partial charge in [-0.05, 0) is 31.0 Å². The molecule has 0 aliphatic heterocycles. The molecule has 0 spiro atoms. The molecule has 6 nitrogen and oxygen atoms in total. The predicted molar refractivity (Wildman–Crippen MR) is 77.0 cm³/mol. The Kier molecular flexibility index (Phi) is 4.92. The molecule has 2 heterocycles. The number of sulfonamides is 1. The fourth-order valence-electron chi connectivity index (χ4n) is 1.73. The molecule has 0 aliphatic carbocycles. The van der Waals surface area contributed by atoms with Crippen LogP contribution in [0, 0.1) is 6.92 Å². The van der Waals surface area contributed by atoms with Crippen molar-refractivity contribution in [3.05, 3.63) is 35.0 Å². The maximum atomic E-state index is 12.1. The van der Waals surface area contributed by atoms with E-state index >= 15 is 0 Å². The van der Waals surface area contributed by atoms with Gasteiger partial charge in [0.1, 0.15) is 4.21 Å². The van der Waals surface area contributed by atoms with Crippen LogP contribution >= 0.6 is 11.3 Å². The molecule has 8 heteroatoms. The van der Waals surface area contributed by atoms with Crippen LogP contribution in [-0.2, 0) is 23.2 Å². The van der Waals surface area contributed by atoms with Crippen molar-refractivity contribution >= 4 is 21.4 Å². The Hall–Kier alpha value is -1.22. The Morgan fingerprint density at radius 3 is 2.90 bits per heavy atom. The zero-order chi connectivity index (χ0) is 14.6. The van der Waals surface area contributed by atoms with Gasteiger partial charge in [-0.3, -0.25) is 4.68 Å². The third-order valence-electron chi connectivity index (χ3n) is 2.82. The third kappa shape index (κ3) is 3.66. The number of hydrogen-bond acceptors (Lipinski definition) is 5. The predicted octanol–water partition coefficient (Wildman–Crippen LogP) is 1.11. The van der Waals surface area contributed by atoms with Crippen LogP contribution in [0.4, 0.5) is 0 Å². The van der Waals surface area contributed by atoms with Gasteiger partial charge >= 0.3 is 0 Å². The van der Waals surface area contributed by atoms with Gasteiger partial charge in [0.25, 0.3) is 0 Å². The minimum atomic E-state index is -3.49. The van der Waals surface area contributed by atoms with Crippen LogP contribution in [0.15, 0.2) is 28.7 Å². The number of aliphatic hydroxyl groups excluding tert-OH is 1. The van der Waals surface area contributed by atoms with Gasteiger partial charge in [-0.2, -0.15) is 5.10 Å². The van der Waals surface area contributed by atoms with Crippen molar-refractivity contribution < 1.29 is 13.5 Å². The standard InChI is InChI=1S/C12H17N3O3S2/c1-10-8-12(19-11(10)9-16)20(17,18)14-5-3-7-15-6-2-4-13-15/h2,4,6,8,14,16H,3,5,7,9H2,1H3. The molecule has 110 valence electrons. The summed E-state index contributed by atoms with van der Waals surface area (Å²) in [6, 6.07) is 3.42. The molecule has 0 aliphatic rings. The molecule has 2 N–H and O–H groups in total. The Morgan fingerprint density at radius 1 is 1.50 bits per heavy atom. The van der Waals surface area contributed by atoms with Crippen LogP contribution in [0.3, 0.4) is 0 Å². The van der Waals surface area contributed by atoms with Gasteiger partial charge in [-0.1, -0.05) is 0 Å². The lowest BCUT2D eigenvalue weighted by atomic mass is 10.3. The largest absolute Gasteiger partial charge is 0.391 e. The molecule has 0 saturated heterocycles. The van der Waals surface area contributed by atoms with E-state index in [0.29, 0.717) is 24.4 Å². The molecule has 0 atom stereocenters. The van der Waals surface area contributed by atoms with Gasteiger partial charge in [0.2, 0.25) is 10.0 Å². The van der Waals surface area contributed by atoms with Crippen molar-refractivity contribution in [1.82, 2.24) is 14.5 Å². The average molecular weight is 315 g/mol. The molecular weight excluding hydrogens is 298 g/mol. The number of thiophene rings is 1. The zero-order valence-electron chi connectivity index (χ0n) is 11.1. The van der Waals surface area contributed by atoms with E-state index in [-0.39, 0.29) is 10.8 Å². The molecule has 0 saturated carbocycles. The van der Waals surface area contributed by atoms with Crippen molar-refractivity contribution in [3.8, 4) is 0 Å². The average Bonchev–Trinajstić information content (AvgIpc) is 3.04. The van der Waals surface area contributed by atoms with E-state index in [0.717, 1.165) is 16.9 Å². The first kappa shape index (κ1) is 15.2. The zero-order valence-corrected chi connectivity index (χ0v) is 12.7. The lowest BCUT2D eigenvalue weighted by Crippen LogP contribution is -2.24. The fraction of sp³-hybridized carbons (Fsp3) is 0.417. The van der Waals surface area contributed by atoms with Gasteiger partial charge in [0.05, 0.1) is 6.61 Å². The van der Waals surface area contributed by atoms with Crippen molar-refractivity contribution in [1.29, 1.82) is 0 Å². The quantitative estimate of drug-likeness (QED) is 0.750. The summed E-state index contributed by atoms with van der Waals surface area (Å²) in [5.74, 6) is 0. The lowest BCUT2D eigenvalue weighted by Gasteiger charge is -2.04. The van der Waals surface area contributed by atoms with Gasteiger partial charge < -0.3 is 5.11 Å². The highest BCUT2D eigenvalue weighted by Gasteiger charge is 2.17. The normalized spacial score (nSPS) is 11.9. The number of rotatable bonds is 7. The molecule has 0 fully saturated rings. The molecule has 0 amide bonds. The molecule has 0 bridgehead atoms. The maximum absolute atomic E-state index is 12.1. The van der Waals surface area contributed by atoms with Crippen LogP contribution < -0.4 is 4.72 Å². The summed E-state index contributed by atoms with van der Waals surface area (Å²) < 4.78 is 28.7. The van der Waals surface area contributed by atoms with Crippen LogP contribution in [0.1, 0.15) is 16.9 Å². The van der Waals surface area contributed by atoms with Crippen molar-refractivity contribution in [2.45, 2.75) is 30.7 Å². The summed E-state index contributed by atoms with van der Waals surface area (Å²) in [7, 11) is -3.49. The highest BCUT2D eigenvalue weighted by Crippen LogP contribution is 2.25. The molecule has 2 aromatic rings.